The van der Waals surface area contributed by atoms with Crippen LogP contribution in [0.3, 0.4) is 0 Å². The van der Waals surface area contributed by atoms with Crippen molar-refractivity contribution in [2.45, 2.75) is 13.5 Å². The van der Waals surface area contributed by atoms with Gasteiger partial charge in [0.15, 0.2) is 0 Å². The third kappa shape index (κ3) is 2.99. The molecule has 0 aliphatic heterocycles. The highest BCUT2D eigenvalue weighted by Crippen LogP contribution is 2.23. The average molecular weight is 314 g/mol. The molecule has 0 radical (unpaired) electrons. The van der Waals surface area contributed by atoms with Crippen molar-refractivity contribution in [1.82, 2.24) is 15.0 Å². The van der Waals surface area contributed by atoms with E-state index in [1.54, 1.807) is 0 Å². The maximum absolute atomic E-state index is 4.69. The molecule has 2 aromatic carbocycles. The summed E-state index contributed by atoms with van der Waals surface area (Å²) in [6.07, 6.45) is 1.81. The van der Waals surface area contributed by atoms with Crippen LogP contribution in [0.15, 0.2) is 66.9 Å². The van der Waals surface area contributed by atoms with Crippen LogP contribution in [0.25, 0.3) is 22.4 Å². The van der Waals surface area contributed by atoms with Gasteiger partial charge in [-0.05, 0) is 48.9 Å². The fourth-order valence-electron chi connectivity index (χ4n) is 2.73. The summed E-state index contributed by atoms with van der Waals surface area (Å²) in [5, 5.41) is 3.41. The first-order chi connectivity index (χ1) is 11.8. The maximum atomic E-state index is 4.69. The summed E-state index contributed by atoms with van der Waals surface area (Å²) in [7, 11) is 0. The van der Waals surface area contributed by atoms with Gasteiger partial charge >= 0.3 is 0 Å². The molecule has 0 saturated heterocycles. The fourth-order valence-corrected chi connectivity index (χ4v) is 2.73. The molecule has 24 heavy (non-hydrogen) atoms. The lowest BCUT2D eigenvalue weighted by molar-refractivity contribution is 1.05. The molecule has 0 aliphatic carbocycles. The number of aromatic nitrogens is 3. The Morgan fingerprint density at radius 1 is 1.00 bits per heavy atom. The van der Waals surface area contributed by atoms with Crippen LogP contribution in [0.2, 0.25) is 0 Å². The van der Waals surface area contributed by atoms with Gasteiger partial charge in [0, 0.05) is 17.4 Å². The van der Waals surface area contributed by atoms with Crippen molar-refractivity contribution in [2.75, 3.05) is 5.32 Å². The van der Waals surface area contributed by atoms with Crippen molar-refractivity contribution in [3.8, 4) is 11.4 Å². The van der Waals surface area contributed by atoms with E-state index in [9.17, 15) is 0 Å². The number of hydrogen-bond acceptors (Lipinski definition) is 3. The molecule has 0 saturated carbocycles. The molecule has 0 fully saturated rings. The molecular weight excluding hydrogens is 296 g/mol. The second-order valence-corrected chi connectivity index (χ2v) is 5.86. The second-order valence-electron chi connectivity index (χ2n) is 5.86. The van der Waals surface area contributed by atoms with Gasteiger partial charge in [0.2, 0.25) is 0 Å². The van der Waals surface area contributed by atoms with Crippen molar-refractivity contribution in [3.05, 3.63) is 78.1 Å². The van der Waals surface area contributed by atoms with Gasteiger partial charge in [0.1, 0.15) is 5.82 Å². The Kier molecular flexibility index (Phi) is 3.71. The topological polar surface area (TPSA) is 53.6 Å². The molecule has 4 heteroatoms. The summed E-state index contributed by atoms with van der Waals surface area (Å²) in [5.41, 5.74) is 6.41. The van der Waals surface area contributed by atoms with Gasteiger partial charge in [-0.3, -0.25) is 4.98 Å². The van der Waals surface area contributed by atoms with Crippen molar-refractivity contribution >= 4 is 16.7 Å². The standard InChI is InChI=1S/C20H18N4/c1-14-8-9-18-19(11-14)24-20(23-18)15-5-4-7-16(12-15)22-13-17-6-2-3-10-21-17/h2-12,22H,13H2,1H3,(H,23,24). The normalized spacial score (nSPS) is 10.9. The first kappa shape index (κ1) is 14.5. The number of imidazole rings is 1. The SMILES string of the molecule is Cc1ccc2nc(-c3cccc(NCc4ccccn4)c3)[nH]c2c1. The van der Waals surface area contributed by atoms with Crippen LogP contribution in [0.4, 0.5) is 5.69 Å². The van der Waals surface area contributed by atoms with Crippen molar-refractivity contribution in [2.24, 2.45) is 0 Å². The zero-order valence-electron chi connectivity index (χ0n) is 13.5. The maximum Gasteiger partial charge on any atom is 0.138 e. The van der Waals surface area contributed by atoms with E-state index in [4.69, 9.17) is 0 Å². The summed E-state index contributed by atoms with van der Waals surface area (Å²) in [4.78, 5) is 12.4. The first-order valence-electron chi connectivity index (χ1n) is 7.98. The van der Waals surface area contributed by atoms with E-state index in [0.29, 0.717) is 6.54 Å². The van der Waals surface area contributed by atoms with Gasteiger partial charge in [0.25, 0.3) is 0 Å². The highest BCUT2D eigenvalue weighted by Gasteiger charge is 2.06. The molecule has 4 rings (SSSR count). The van der Waals surface area contributed by atoms with Gasteiger partial charge in [0.05, 0.1) is 23.3 Å². The van der Waals surface area contributed by atoms with Crippen LogP contribution in [0.5, 0.6) is 0 Å². The van der Waals surface area contributed by atoms with Crippen LogP contribution in [-0.4, -0.2) is 15.0 Å². The Labute approximate surface area is 140 Å². The lowest BCUT2D eigenvalue weighted by atomic mass is 10.2. The summed E-state index contributed by atoms with van der Waals surface area (Å²) >= 11 is 0. The van der Waals surface area contributed by atoms with Crippen LogP contribution in [0.1, 0.15) is 11.3 Å². The lowest BCUT2D eigenvalue weighted by Crippen LogP contribution is -2.01. The number of nitrogens with one attached hydrogen (secondary N) is 2. The minimum Gasteiger partial charge on any atom is -0.379 e. The largest absolute Gasteiger partial charge is 0.379 e. The summed E-state index contributed by atoms with van der Waals surface area (Å²) in [6.45, 7) is 2.78. The summed E-state index contributed by atoms with van der Waals surface area (Å²) < 4.78 is 0. The molecule has 0 aliphatic rings. The van der Waals surface area contributed by atoms with Crippen LogP contribution >= 0.6 is 0 Å². The number of hydrogen-bond donors (Lipinski definition) is 2. The Morgan fingerprint density at radius 2 is 1.96 bits per heavy atom. The van der Waals surface area contributed by atoms with E-state index in [0.717, 1.165) is 33.8 Å². The molecule has 4 aromatic rings. The average Bonchev–Trinajstić information content (AvgIpc) is 3.04. The van der Waals surface area contributed by atoms with Crippen LogP contribution < -0.4 is 5.32 Å². The highest BCUT2D eigenvalue weighted by atomic mass is 14.9. The smallest absolute Gasteiger partial charge is 0.138 e. The number of H-pyrrole nitrogens is 1. The van der Waals surface area contributed by atoms with E-state index < -0.39 is 0 Å². The van der Waals surface area contributed by atoms with Crippen LogP contribution in [-0.2, 0) is 6.54 Å². The van der Waals surface area contributed by atoms with Gasteiger partial charge in [-0.1, -0.05) is 24.3 Å². The van der Waals surface area contributed by atoms with Gasteiger partial charge in [-0.25, -0.2) is 4.98 Å². The van der Waals surface area contributed by atoms with E-state index in [1.165, 1.54) is 5.56 Å². The number of fused-ring (bicyclic) bond motifs is 1. The molecule has 0 atom stereocenters. The third-order valence-corrected chi connectivity index (χ3v) is 3.97. The molecule has 2 aromatic heterocycles. The third-order valence-electron chi connectivity index (χ3n) is 3.97. The predicted molar refractivity (Wildman–Crippen MR) is 97.8 cm³/mol. The number of rotatable bonds is 4. The number of benzene rings is 2. The highest BCUT2D eigenvalue weighted by molar-refractivity contribution is 5.80. The minimum absolute atomic E-state index is 0.698. The zero-order chi connectivity index (χ0) is 16.4. The second kappa shape index (κ2) is 6.16. The van der Waals surface area contributed by atoms with Crippen molar-refractivity contribution in [3.63, 3.8) is 0 Å². The Balaban J connectivity index is 1.59. The monoisotopic (exact) mass is 314 g/mol. The number of anilines is 1. The number of nitrogens with zero attached hydrogens (tertiary/aromatic N) is 2. The fraction of sp³-hybridized carbons (Fsp3) is 0.100. The zero-order valence-corrected chi connectivity index (χ0v) is 13.5. The summed E-state index contributed by atoms with van der Waals surface area (Å²) in [6, 6.07) is 20.4. The number of pyridine rings is 1. The van der Waals surface area contributed by atoms with E-state index in [2.05, 4.69) is 57.5 Å². The Bertz CT molecular complexity index is 973. The minimum atomic E-state index is 0.698. The number of aryl methyl sites for hydroxylation is 1. The molecule has 0 unspecified atom stereocenters. The molecule has 0 bridgehead atoms. The van der Waals surface area contributed by atoms with Crippen molar-refractivity contribution < 1.29 is 0 Å². The predicted octanol–water partition coefficient (Wildman–Crippen LogP) is 4.55. The Hall–Kier alpha value is -3.14. The van der Waals surface area contributed by atoms with E-state index in [-0.39, 0.29) is 0 Å². The first-order valence-corrected chi connectivity index (χ1v) is 7.98. The summed E-state index contributed by atoms with van der Waals surface area (Å²) in [5.74, 6) is 0.886. The molecule has 2 heterocycles. The lowest BCUT2D eigenvalue weighted by Gasteiger charge is -2.07. The molecule has 118 valence electrons. The van der Waals surface area contributed by atoms with Crippen LogP contribution in [0, 0.1) is 6.92 Å². The van der Waals surface area contributed by atoms with E-state index >= 15 is 0 Å². The molecular formula is C20H18N4. The number of aromatic amines is 1. The molecule has 0 amide bonds. The van der Waals surface area contributed by atoms with Gasteiger partial charge < -0.3 is 10.3 Å². The molecule has 4 nitrogen and oxygen atoms in total. The van der Waals surface area contributed by atoms with Crippen molar-refractivity contribution in [1.29, 1.82) is 0 Å². The van der Waals surface area contributed by atoms with E-state index in [1.807, 2.05) is 36.5 Å². The quantitative estimate of drug-likeness (QED) is 0.581. The van der Waals surface area contributed by atoms with Gasteiger partial charge in [-0.15, -0.1) is 0 Å². The van der Waals surface area contributed by atoms with Gasteiger partial charge in [-0.2, -0.15) is 0 Å². The Morgan fingerprint density at radius 3 is 2.83 bits per heavy atom. The molecule has 2 N–H and O–H groups in total. The molecule has 0 spiro atoms.